The van der Waals surface area contributed by atoms with Crippen LogP contribution in [0, 0.1) is 11.3 Å². The molecule has 0 spiro atoms. The summed E-state index contributed by atoms with van der Waals surface area (Å²) in [4.78, 5) is 21.3. The Hall–Kier alpha value is -2.88. The van der Waals surface area contributed by atoms with Crippen molar-refractivity contribution in [3.8, 4) is 6.07 Å². The Labute approximate surface area is 179 Å². The number of hydrogen-bond donors (Lipinski definition) is 0. The fourth-order valence-corrected chi connectivity index (χ4v) is 3.65. The first-order valence-corrected chi connectivity index (χ1v) is 10.4. The molecule has 0 N–H and O–H groups in total. The summed E-state index contributed by atoms with van der Waals surface area (Å²) < 4.78 is 0. The maximum absolute atomic E-state index is 12.6. The number of nitriles is 1. The molecule has 158 valence electrons. The van der Waals surface area contributed by atoms with Gasteiger partial charge in [-0.1, -0.05) is 18.2 Å². The van der Waals surface area contributed by atoms with Crippen molar-refractivity contribution in [2.45, 2.75) is 6.54 Å². The number of rotatable bonds is 7. The molecule has 0 unspecified atom stereocenters. The van der Waals surface area contributed by atoms with Gasteiger partial charge >= 0.3 is 0 Å². The summed E-state index contributed by atoms with van der Waals surface area (Å²) in [5, 5.41) is 9.55. The van der Waals surface area contributed by atoms with Crippen molar-refractivity contribution >= 4 is 11.6 Å². The van der Waals surface area contributed by atoms with Crippen LogP contribution in [0.2, 0.25) is 0 Å². The molecule has 1 heterocycles. The van der Waals surface area contributed by atoms with E-state index in [2.05, 4.69) is 48.0 Å². The van der Waals surface area contributed by atoms with Gasteiger partial charge < -0.3 is 14.7 Å². The van der Waals surface area contributed by atoms with E-state index in [1.54, 1.807) is 0 Å². The lowest BCUT2D eigenvalue weighted by atomic mass is 10.1. The molecule has 30 heavy (non-hydrogen) atoms. The van der Waals surface area contributed by atoms with Gasteiger partial charge in [0.15, 0.2) is 0 Å². The third-order valence-corrected chi connectivity index (χ3v) is 5.61. The number of carbonyl (C=O) groups is 1. The number of hydrogen-bond acceptors (Lipinski definition) is 5. The maximum Gasteiger partial charge on any atom is 0.253 e. The SMILES string of the molecule is CN(C)CCN(C)c1ccc(C#N)c(CN2CCN(C(=O)c3ccccc3)CC2)c1. The van der Waals surface area contributed by atoms with Crippen molar-refractivity contribution in [2.75, 3.05) is 65.3 Å². The molecule has 0 aromatic heterocycles. The number of nitrogens with zero attached hydrogens (tertiary/aromatic N) is 5. The van der Waals surface area contributed by atoms with Crippen LogP contribution in [0.4, 0.5) is 5.69 Å². The number of piperazine rings is 1. The topological polar surface area (TPSA) is 53.8 Å². The van der Waals surface area contributed by atoms with E-state index in [0.29, 0.717) is 13.1 Å². The van der Waals surface area contributed by atoms with Gasteiger partial charge in [-0.15, -0.1) is 0 Å². The second-order valence-corrected chi connectivity index (χ2v) is 8.11. The van der Waals surface area contributed by atoms with Gasteiger partial charge in [-0.2, -0.15) is 5.26 Å². The third kappa shape index (κ3) is 5.59. The van der Waals surface area contributed by atoms with E-state index < -0.39 is 0 Å². The number of amides is 1. The van der Waals surface area contributed by atoms with Gasteiger partial charge in [0.1, 0.15) is 0 Å². The summed E-state index contributed by atoms with van der Waals surface area (Å²) in [7, 11) is 6.23. The highest BCUT2D eigenvalue weighted by Crippen LogP contribution is 2.21. The van der Waals surface area contributed by atoms with Crippen LogP contribution in [-0.4, -0.2) is 81.0 Å². The Morgan fingerprint density at radius 2 is 1.70 bits per heavy atom. The van der Waals surface area contributed by atoms with Crippen molar-refractivity contribution in [3.63, 3.8) is 0 Å². The Morgan fingerprint density at radius 3 is 2.33 bits per heavy atom. The predicted octanol–water partition coefficient (Wildman–Crippen LogP) is 2.51. The molecular weight excluding hydrogens is 374 g/mol. The molecule has 1 saturated heterocycles. The molecule has 0 aliphatic carbocycles. The van der Waals surface area contributed by atoms with E-state index >= 15 is 0 Å². The summed E-state index contributed by atoms with van der Waals surface area (Å²) in [6, 6.07) is 17.9. The third-order valence-electron chi connectivity index (χ3n) is 5.61. The van der Waals surface area contributed by atoms with E-state index in [4.69, 9.17) is 0 Å². The lowest BCUT2D eigenvalue weighted by Gasteiger charge is -2.35. The van der Waals surface area contributed by atoms with Gasteiger partial charge in [-0.25, -0.2) is 0 Å². The van der Waals surface area contributed by atoms with Crippen LogP contribution in [0.1, 0.15) is 21.5 Å². The van der Waals surface area contributed by atoms with E-state index in [-0.39, 0.29) is 5.91 Å². The first kappa shape index (κ1) is 21.8. The van der Waals surface area contributed by atoms with Gasteiger partial charge in [0, 0.05) is 64.1 Å². The molecule has 3 rings (SSSR count). The molecule has 0 saturated carbocycles. The molecule has 1 aliphatic rings. The lowest BCUT2D eigenvalue weighted by Crippen LogP contribution is -2.48. The van der Waals surface area contributed by atoms with Crippen molar-refractivity contribution in [1.82, 2.24) is 14.7 Å². The summed E-state index contributed by atoms with van der Waals surface area (Å²) in [6.45, 7) is 5.66. The van der Waals surface area contributed by atoms with Crippen molar-refractivity contribution in [3.05, 3.63) is 65.2 Å². The van der Waals surface area contributed by atoms with Crippen LogP contribution in [0.3, 0.4) is 0 Å². The maximum atomic E-state index is 12.6. The minimum atomic E-state index is 0.0949. The summed E-state index contributed by atoms with van der Waals surface area (Å²) >= 11 is 0. The zero-order chi connectivity index (χ0) is 21.5. The highest BCUT2D eigenvalue weighted by atomic mass is 16.2. The highest BCUT2D eigenvalue weighted by molar-refractivity contribution is 5.94. The number of benzene rings is 2. The molecule has 0 radical (unpaired) electrons. The molecule has 6 nitrogen and oxygen atoms in total. The Kier molecular flexibility index (Phi) is 7.45. The minimum Gasteiger partial charge on any atom is -0.373 e. The predicted molar refractivity (Wildman–Crippen MR) is 121 cm³/mol. The summed E-state index contributed by atoms with van der Waals surface area (Å²) in [6.07, 6.45) is 0. The van der Waals surface area contributed by atoms with Gasteiger partial charge in [-0.3, -0.25) is 9.69 Å². The molecule has 1 fully saturated rings. The molecule has 1 aliphatic heterocycles. The fraction of sp³-hybridized carbons (Fsp3) is 0.417. The molecule has 0 bridgehead atoms. The summed E-state index contributed by atoms with van der Waals surface area (Å²) in [5.74, 6) is 0.0949. The van der Waals surface area contributed by atoms with Gasteiger partial charge in [0.2, 0.25) is 0 Å². The van der Waals surface area contributed by atoms with Gasteiger partial charge in [0.05, 0.1) is 11.6 Å². The first-order valence-electron chi connectivity index (χ1n) is 10.4. The minimum absolute atomic E-state index is 0.0949. The summed E-state index contributed by atoms with van der Waals surface area (Å²) in [5.41, 5.74) is 3.65. The normalized spacial score (nSPS) is 14.6. The van der Waals surface area contributed by atoms with Crippen LogP contribution < -0.4 is 4.90 Å². The Morgan fingerprint density at radius 1 is 1.00 bits per heavy atom. The standard InChI is InChI=1S/C24H31N5O/c1-26(2)11-12-27(3)23-10-9-21(18-25)22(17-23)19-28-13-15-29(16-14-28)24(30)20-7-5-4-6-8-20/h4-10,17H,11-16,19H2,1-3H3. The van der Waals surface area contributed by atoms with Crippen LogP contribution in [0.25, 0.3) is 0 Å². The smallest absolute Gasteiger partial charge is 0.253 e. The molecule has 0 atom stereocenters. The molecular formula is C24H31N5O. The monoisotopic (exact) mass is 405 g/mol. The second kappa shape index (κ2) is 10.2. The number of anilines is 1. The molecule has 2 aromatic rings. The lowest BCUT2D eigenvalue weighted by molar-refractivity contribution is 0.0628. The average molecular weight is 406 g/mol. The van der Waals surface area contributed by atoms with Crippen LogP contribution in [0.5, 0.6) is 0 Å². The van der Waals surface area contributed by atoms with Crippen LogP contribution >= 0.6 is 0 Å². The van der Waals surface area contributed by atoms with E-state index in [0.717, 1.165) is 55.1 Å². The fourth-order valence-electron chi connectivity index (χ4n) is 3.65. The van der Waals surface area contributed by atoms with E-state index in [1.807, 2.05) is 47.4 Å². The number of likely N-dealkylation sites (N-methyl/N-ethyl adjacent to an activating group) is 2. The van der Waals surface area contributed by atoms with Gasteiger partial charge in [0.25, 0.3) is 5.91 Å². The van der Waals surface area contributed by atoms with Crippen molar-refractivity contribution in [1.29, 1.82) is 5.26 Å². The zero-order valence-corrected chi connectivity index (χ0v) is 18.2. The van der Waals surface area contributed by atoms with Crippen LogP contribution in [0.15, 0.2) is 48.5 Å². The Balaban J connectivity index is 1.62. The molecule has 6 heteroatoms. The zero-order valence-electron chi connectivity index (χ0n) is 18.2. The van der Waals surface area contributed by atoms with Crippen molar-refractivity contribution in [2.24, 2.45) is 0 Å². The van der Waals surface area contributed by atoms with Crippen molar-refractivity contribution < 1.29 is 4.79 Å². The molecule has 2 aromatic carbocycles. The largest absolute Gasteiger partial charge is 0.373 e. The quantitative estimate of drug-likeness (QED) is 0.709. The van der Waals surface area contributed by atoms with E-state index in [1.165, 1.54) is 0 Å². The first-order chi connectivity index (χ1) is 14.5. The van der Waals surface area contributed by atoms with Crippen LogP contribution in [-0.2, 0) is 6.54 Å². The molecule has 1 amide bonds. The average Bonchev–Trinajstić information content (AvgIpc) is 2.78. The van der Waals surface area contributed by atoms with Gasteiger partial charge in [-0.05, 0) is 50.0 Å². The number of carbonyl (C=O) groups excluding carboxylic acids is 1. The Bertz CT molecular complexity index is 882. The highest BCUT2D eigenvalue weighted by Gasteiger charge is 2.22. The van der Waals surface area contributed by atoms with E-state index in [9.17, 15) is 10.1 Å². The second-order valence-electron chi connectivity index (χ2n) is 8.11.